The Balaban J connectivity index is 2.01. The maximum absolute atomic E-state index is 12.9. The Bertz CT molecular complexity index is 1510. The van der Waals surface area contributed by atoms with Crippen molar-refractivity contribution < 1.29 is 63.4 Å². The zero-order chi connectivity index (χ0) is 28.9. The second-order valence-corrected chi connectivity index (χ2v) is 12.0. The van der Waals surface area contributed by atoms with E-state index in [0.29, 0.717) is 0 Å². The molecule has 8 N–H and O–H groups in total. The fourth-order valence-electron chi connectivity index (χ4n) is 2.89. The van der Waals surface area contributed by atoms with Gasteiger partial charge in [0, 0.05) is 0 Å². The zero-order valence-electron chi connectivity index (χ0n) is 19.0. The van der Waals surface area contributed by atoms with E-state index in [0.717, 1.165) is 10.9 Å². The van der Waals surface area contributed by atoms with Crippen LogP contribution < -0.4 is 5.73 Å². The molecule has 0 amide bonds. The Labute approximate surface area is 212 Å². The summed E-state index contributed by atoms with van der Waals surface area (Å²) in [6, 6.07) is 0. The molecule has 3 unspecified atom stereocenters. The molecule has 1 fully saturated rings. The smallest absolute Gasteiger partial charge is 0.387 e. The maximum Gasteiger partial charge on any atom is 0.490 e. The number of anilines is 1. The van der Waals surface area contributed by atoms with Crippen molar-refractivity contribution in [3.63, 3.8) is 0 Å². The SMILES string of the molecule is [2H]C([2H])(OP(=O)(O)OP(=O)(O)OP(=O)(O)O)[C@H]1O[C@@H](n2cnc3c(=S)nc(N)[nH]c32)C(Cl)(C#CCF)[C@H]1O. The number of nitrogens with two attached hydrogens (primary N) is 1. The second-order valence-electron chi connectivity index (χ2n) is 6.63. The molecule has 1 saturated heterocycles. The van der Waals surface area contributed by atoms with E-state index in [9.17, 15) is 33.0 Å². The van der Waals surface area contributed by atoms with Crippen LogP contribution in [-0.2, 0) is 31.6 Å². The first-order valence-corrected chi connectivity index (χ1v) is 14.2. The van der Waals surface area contributed by atoms with E-state index in [1.165, 1.54) is 0 Å². The molecule has 36 heavy (non-hydrogen) atoms. The minimum atomic E-state index is -6.05. The number of aromatic nitrogens is 4. The van der Waals surface area contributed by atoms with Gasteiger partial charge >= 0.3 is 23.5 Å². The number of alkyl halides is 2. The van der Waals surface area contributed by atoms with Crippen molar-refractivity contribution in [1.82, 2.24) is 19.5 Å². The van der Waals surface area contributed by atoms with Crippen LogP contribution in [0.2, 0.25) is 0 Å². The Hall–Kier alpha value is -1.32. The summed E-state index contributed by atoms with van der Waals surface area (Å²) in [7, 11) is -17.8. The molecule has 2 aromatic rings. The van der Waals surface area contributed by atoms with Gasteiger partial charge in [0.25, 0.3) is 0 Å². The Kier molecular flexibility index (Phi) is 7.63. The van der Waals surface area contributed by atoms with Crippen LogP contribution in [0.25, 0.3) is 11.2 Å². The summed E-state index contributed by atoms with van der Waals surface area (Å²) in [4.78, 5) is 44.2. The number of rotatable bonds is 8. The normalized spacial score (nSPS) is 29.0. The van der Waals surface area contributed by atoms with Crippen molar-refractivity contribution in [2.24, 2.45) is 0 Å². The molecule has 6 atom stereocenters. The monoisotopic (exact) mass is 615 g/mol. The number of nitrogens with zero attached hydrogens (tertiary/aromatic N) is 3. The minimum Gasteiger partial charge on any atom is -0.387 e. The molecule has 0 radical (unpaired) electrons. The Morgan fingerprint density at radius 1 is 1.36 bits per heavy atom. The van der Waals surface area contributed by atoms with Crippen molar-refractivity contribution in [2.75, 3.05) is 19.0 Å². The topological polar surface area (TPSA) is 262 Å². The predicted molar refractivity (Wildman–Crippen MR) is 119 cm³/mol. The van der Waals surface area contributed by atoms with Gasteiger partial charge in [0.15, 0.2) is 21.7 Å². The van der Waals surface area contributed by atoms with Crippen LogP contribution in [0.15, 0.2) is 6.33 Å². The number of nitrogen functional groups attached to an aromatic ring is 1. The van der Waals surface area contributed by atoms with E-state index in [2.05, 4.69) is 34.0 Å². The fourth-order valence-corrected chi connectivity index (χ4v) is 6.35. The molecule has 0 aromatic carbocycles. The highest BCUT2D eigenvalue weighted by Crippen LogP contribution is 2.66. The number of ether oxygens (including phenoxy) is 1. The van der Waals surface area contributed by atoms with E-state index in [1.54, 1.807) is 0 Å². The third kappa shape index (κ3) is 6.57. The van der Waals surface area contributed by atoms with Gasteiger partial charge in [-0.05, 0) is 0 Å². The third-order valence-corrected chi connectivity index (χ3v) is 8.57. The summed E-state index contributed by atoms with van der Waals surface area (Å²) in [5.41, 5.74) is 5.68. The van der Waals surface area contributed by atoms with Crippen LogP contribution >= 0.6 is 47.3 Å². The molecule has 0 saturated carbocycles. The van der Waals surface area contributed by atoms with Gasteiger partial charge < -0.3 is 40.1 Å². The van der Waals surface area contributed by atoms with Gasteiger partial charge in [-0.3, -0.25) is 9.09 Å². The summed E-state index contributed by atoms with van der Waals surface area (Å²) in [6.07, 6.45) is -5.34. The number of phosphoric acid groups is 3. The number of hydrogen-bond acceptors (Lipinski definition) is 12. The molecule has 3 heterocycles. The summed E-state index contributed by atoms with van der Waals surface area (Å²) in [6.45, 7) is -4.89. The van der Waals surface area contributed by atoms with E-state index >= 15 is 0 Å². The number of halogens is 2. The van der Waals surface area contributed by atoms with E-state index < -0.39 is 60.0 Å². The molecule has 200 valence electrons. The number of H-pyrrole nitrogens is 1. The van der Waals surface area contributed by atoms with Gasteiger partial charge in [0.1, 0.15) is 30.0 Å². The number of aromatic amines is 1. The number of aliphatic hydroxyl groups is 1. The van der Waals surface area contributed by atoms with Crippen molar-refractivity contribution in [2.45, 2.75) is 23.3 Å². The average molecular weight is 616 g/mol. The van der Waals surface area contributed by atoms with Crippen molar-refractivity contribution >= 4 is 64.4 Å². The van der Waals surface area contributed by atoms with Crippen LogP contribution in [-0.4, -0.2) is 74.5 Å². The largest absolute Gasteiger partial charge is 0.490 e. The molecular formula is C13H16ClFN5O12P3S. The molecule has 23 heteroatoms. The lowest BCUT2D eigenvalue weighted by Crippen LogP contribution is -2.41. The molecule has 2 aromatic heterocycles. The summed E-state index contributed by atoms with van der Waals surface area (Å²) < 4.78 is 81.2. The summed E-state index contributed by atoms with van der Waals surface area (Å²) in [5.74, 6) is 3.93. The number of phosphoric ester groups is 1. The lowest BCUT2D eigenvalue weighted by Gasteiger charge is -2.25. The molecule has 0 aliphatic carbocycles. The maximum atomic E-state index is 12.9. The van der Waals surface area contributed by atoms with Crippen molar-refractivity contribution in [3.05, 3.63) is 11.0 Å². The van der Waals surface area contributed by atoms with E-state index in [4.69, 9.17) is 46.8 Å². The number of fused-ring (bicyclic) bond motifs is 1. The average Bonchev–Trinajstić information content (AvgIpc) is 3.22. The first-order chi connectivity index (χ1) is 17.2. The Morgan fingerprint density at radius 3 is 2.64 bits per heavy atom. The third-order valence-electron chi connectivity index (χ3n) is 4.12. The number of nitrogens with one attached hydrogen (secondary N) is 1. The summed E-state index contributed by atoms with van der Waals surface area (Å²) in [5, 5.41) is 10.9. The summed E-state index contributed by atoms with van der Waals surface area (Å²) >= 11 is 11.5. The van der Waals surface area contributed by atoms with Gasteiger partial charge in [0.2, 0.25) is 0 Å². The predicted octanol–water partition coefficient (Wildman–Crippen LogP) is 0.623. The van der Waals surface area contributed by atoms with Gasteiger partial charge in [-0.2, -0.15) is 8.62 Å². The van der Waals surface area contributed by atoms with Crippen LogP contribution in [0.3, 0.4) is 0 Å². The van der Waals surface area contributed by atoms with Crippen molar-refractivity contribution in [3.8, 4) is 11.8 Å². The minimum absolute atomic E-state index is 0.0131. The number of imidazole rings is 1. The molecular weight excluding hydrogens is 598 g/mol. The van der Waals surface area contributed by atoms with E-state index in [-0.39, 0.29) is 21.8 Å². The second kappa shape index (κ2) is 10.4. The molecule has 1 aliphatic rings. The quantitative estimate of drug-likeness (QED) is 0.0928. The molecule has 1 aliphatic heterocycles. The number of aliphatic hydroxyl groups excluding tert-OH is 1. The molecule has 3 rings (SSSR count). The standard InChI is InChI=1S/C13H16ClFN5O12P3S/c14-13(2-1-3-15)8(21)6(4-29-34(25,26)32-35(27,28)31-33(22,23)24)30-11(13)20-5-17-7-9(20)18-12(16)19-10(7)36/h5-6,8,11,21H,3-4H2,(H,25,26)(H,27,28)(H2,22,23,24)(H3,16,18,19,36)/t6-,8+,11-,13?/m1/s1/i4D2. The highest BCUT2D eigenvalue weighted by molar-refractivity contribution is 7.71. The molecule has 17 nitrogen and oxygen atoms in total. The Morgan fingerprint density at radius 2 is 2.03 bits per heavy atom. The van der Waals surface area contributed by atoms with Crippen LogP contribution in [0.1, 0.15) is 8.97 Å². The lowest BCUT2D eigenvalue weighted by molar-refractivity contribution is -0.0428. The van der Waals surface area contributed by atoms with Crippen LogP contribution in [0, 0.1) is 16.5 Å². The highest BCUT2D eigenvalue weighted by atomic mass is 35.5. The van der Waals surface area contributed by atoms with Gasteiger partial charge in [-0.25, -0.2) is 28.1 Å². The molecule has 0 bridgehead atoms. The number of hydrogen-bond donors (Lipinski definition) is 7. The molecule has 0 spiro atoms. The first kappa shape index (κ1) is 26.3. The van der Waals surface area contributed by atoms with Crippen molar-refractivity contribution in [1.29, 1.82) is 0 Å². The van der Waals surface area contributed by atoms with Gasteiger partial charge in [-0.1, -0.05) is 35.7 Å². The van der Waals surface area contributed by atoms with Crippen LogP contribution in [0.4, 0.5) is 10.3 Å². The van der Waals surface area contributed by atoms with Gasteiger partial charge in [-0.15, -0.1) is 0 Å². The fraction of sp³-hybridized carbons (Fsp3) is 0.462. The lowest BCUT2D eigenvalue weighted by atomic mass is 9.99. The highest BCUT2D eigenvalue weighted by Gasteiger charge is 2.56. The van der Waals surface area contributed by atoms with Gasteiger partial charge in [0.05, 0.1) is 15.6 Å². The van der Waals surface area contributed by atoms with E-state index in [1.807, 2.05) is 5.92 Å². The van der Waals surface area contributed by atoms with Crippen LogP contribution in [0.5, 0.6) is 0 Å². The zero-order valence-corrected chi connectivity index (χ0v) is 21.3. The first-order valence-electron chi connectivity index (χ1n) is 9.87.